The summed E-state index contributed by atoms with van der Waals surface area (Å²) in [4.78, 5) is 34.9. The average molecular weight is 288 g/mol. The largest absolute Gasteiger partial charge is 0.481 e. The summed E-state index contributed by atoms with van der Waals surface area (Å²) in [6, 6.07) is -1.69. The lowest BCUT2D eigenvalue weighted by molar-refractivity contribution is -0.140. The van der Waals surface area contributed by atoms with Crippen LogP contribution in [0.1, 0.15) is 25.7 Å². The Balaban J connectivity index is 2.52. The molecular weight excluding hydrogens is 268 g/mol. The Morgan fingerprint density at radius 1 is 1.40 bits per heavy atom. The maximum absolute atomic E-state index is 12.0. The van der Waals surface area contributed by atoms with Gasteiger partial charge in [-0.3, -0.25) is 4.79 Å². The smallest absolute Gasteiger partial charge is 0.326 e. The van der Waals surface area contributed by atoms with Crippen LogP contribution in [0.4, 0.5) is 4.79 Å². The molecule has 2 atom stereocenters. The number of nitrogens with one attached hydrogen (secondary N) is 1. The van der Waals surface area contributed by atoms with Crippen LogP contribution in [0.3, 0.4) is 0 Å². The zero-order valence-electron chi connectivity index (χ0n) is 11.4. The second-order valence-corrected chi connectivity index (χ2v) is 4.72. The van der Waals surface area contributed by atoms with E-state index >= 15 is 0 Å². The fraction of sp³-hybridized carbons (Fsp3) is 0.750. The summed E-state index contributed by atoms with van der Waals surface area (Å²) in [7, 11) is 1.57. The van der Waals surface area contributed by atoms with Gasteiger partial charge in [-0.15, -0.1) is 0 Å². The van der Waals surface area contributed by atoms with E-state index < -0.39 is 24.0 Å². The van der Waals surface area contributed by atoms with Crippen LogP contribution in [-0.4, -0.2) is 65.4 Å². The molecule has 3 N–H and O–H groups in total. The molecule has 0 radical (unpaired) electrons. The Kier molecular flexibility index (Phi) is 6.23. The molecule has 8 nitrogen and oxygen atoms in total. The van der Waals surface area contributed by atoms with Gasteiger partial charge in [-0.1, -0.05) is 0 Å². The zero-order chi connectivity index (χ0) is 15.1. The Morgan fingerprint density at radius 2 is 2.10 bits per heavy atom. The number of hydrogen-bond acceptors (Lipinski definition) is 4. The lowest BCUT2D eigenvalue weighted by Crippen LogP contribution is -2.52. The van der Waals surface area contributed by atoms with E-state index in [-0.39, 0.29) is 18.9 Å². The SMILES string of the molecule is COC1CCCN(C(=O)N[C@@H](CCC(=O)O)C(=O)O)C1. The Hall–Kier alpha value is -1.83. The first-order chi connectivity index (χ1) is 9.43. The highest BCUT2D eigenvalue weighted by molar-refractivity contribution is 5.83. The van der Waals surface area contributed by atoms with Crippen molar-refractivity contribution in [1.82, 2.24) is 10.2 Å². The van der Waals surface area contributed by atoms with E-state index in [0.717, 1.165) is 12.8 Å². The first-order valence-electron chi connectivity index (χ1n) is 6.47. The molecule has 1 saturated heterocycles. The molecule has 0 spiro atoms. The van der Waals surface area contributed by atoms with Crippen LogP contribution in [0.2, 0.25) is 0 Å². The second-order valence-electron chi connectivity index (χ2n) is 4.72. The average Bonchev–Trinajstić information content (AvgIpc) is 2.42. The molecule has 0 aromatic rings. The normalized spacial score (nSPS) is 20.2. The molecule has 1 aliphatic heterocycles. The number of carbonyl (C=O) groups is 3. The van der Waals surface area contributed by atoms with Crippen molar-refractivity contribution >= 4 is 18.0 Å². The zero-order valence-corrected chi connectivity index (χ0v) is 11.4. The van der Waals surface area contributed by atoms with Crippen molar-refractivity contribution in [3.05, 3.63) is 0 Å². The van der Waals surface area contributed by atoms with Gasteiger partial charge in [0.15, 0.2) is 0 Å². The van der Waals surface area contributed by atoms with Crippen LogP contribution in [-0.2, 0) is 14.3 Å². The standard InChI is InChI=1S/C12H20N2O6/c1-20-8-3-2-6-14(7-8)12(19)13-9(11(17)18)4-5-10(15)16/h8-9H,2-7H2,1H3,(H,13,19)(H,15,16)(H,17,18)/t8?,9-/m0/s1. The minimum atomic E-state index is -1.24. The van der Waals surface area contributed by atoms with Gasteiger partial charge in [0.05, 0.1) is 6.10 Å². The summed E-state index contributed by atoms with van der Waals surface area (Å²) < 4.78 is 5.19. The molecule has 2 amide bonds. The van der Waals surface area contributed by atoms with Crippen molar-refractivity contribution in [2.45, 2.75) is 37.8 Å². The van der Waals surface area contributed by atoms with Crippen LogP contribution in [0, 0.1) is 0 Å². The molecular formula is C12H20N2O6. The fourth-order valence-corrected chi connectivity index (χ4v) is 2.08. The lowest BCUT2D eigenvalue weighted by Gasteiger charge is -2.32. The molecule has 0 saturated carbocycles. The van der Waals surface area contributed by atoms with Gasteiger partial charge < -0.3 is 25.2 Å². The summed E-state index contributed by atoms with van der Waals surface area (Å²) in [6.45, 7) is 0.949. The number of amides is 2. The molecule has 0 aromatic heterocycles. The van der Waals surface area contributed by atoms with Gasteiger partial charge in [0.25, 0.3) is 0 Å². The topological polar surface area (TPSA) is 116 Å². The number of rotatable bonds is 6. The van der Waals surface area contributed by atoms with Crippen LogP contribution in [0.25, 0.3) is 0 Å². The number of urea groups is 1. The number of ether oxygens (including phenoxy) is 1. The minimum Gasteiger partial charge on any atom is -0.481 e. The van der Waals surface area contributed by atoms with E-state index in [1.807, 2.05) is 0 Å². The number of carboxylic acids is 2. The Morgan fingerprint density at radius 3 is 2.65 bits per heavy atom. The van der Waals surface area contributed by atoms with Crippen molar-refractivity contribution < 1.29 is 29.3 Å². The van der Waals surface area contributed by atoms with Gasteiger partial charge in [-0.2, -0.15) is 0 Å². The monoisotopic (exact) mass is 288 g/mol. The number of hydrogen-bond donors (Lipinski definition) is 3. The number of aliphatic carboxylic acids is 2. The highest BCUT2D eigenvalue weighted by atomic mass is 16.5. The van der Waals surface area contributed by atoms with Crippen LogP contribution in [0.15, 0.2) is 0 Å². The number of methoxy groups -OCH3 is 1. The molecule has 20 heavy (non-hydrogen) atoms. The number of carboxylic acid groups (broad SMARTS) is 2. The van der Waals surface area contributed by atoms with Crippen molar-refractivity contribution in [2.75, 3.05) is 20.2 Å². The molecule has 0 bridgehead atoms. The summed E-state index contributed by atoms with van der Waals surface area (Å²) in [6.07, 6.45) is 1.16. The summed E-state index contributed by atoms with van der Waals surface area (Å²) >= 11 is 0. The maximum Gasteiger partial charge on any atom is 0.326 e. The quantitative estimate of drug-likeness (QED) is 0.639. The molecule has 1 aliphatic rings. The van der Waals surface area contributed by atoms with Gasteiger partial charge >= 0.3 is 18.0 Å². The van der Waals surface area contributed by atoms with Crippen LogP contribution >= 0.6 is 0 Å². The predicted octanol–water partition coefficient (Wildman–Crippen LogP) is 0.125. The summed E-state index contributed by atoms with van der Waals surface area (Å²) in [5.74, 6) is -2.33. The second kappa shape index (κ2) is 7.68. The van der Waals surface area contributed by atoms with E-state index in [2.05, 4.69) is 5.32 Å². The van der Waals surface area contributed by atoms with Crippen molar-refractivity contribution in [3.8, 4) is 0 Å². The fourth-order valence-electron chi connectivity index (χ4n) is 2.08. The molecule has 0 aliphatic carbocycles. The van der Waals surface area contributed by atoms with E-state index in [9.17, 15) is 14.4 Å². The number of carbonyl (C=O) groups excluding carboxylic acids is 1. The maximum atomic E-state index is 12.0. The number of nitrogens with zero attached hydrogens (tertiary/aromatic N) is 1. The summed E-state index contributed by atoms with van der Waals surface area (Å²) in [5.41, 5.74) is 0. The molecule has 1 heterocycles. The predicted molar refractivity (Wildman–Crippen MR) is 68.4 cm³/mol. The molecule has 8 heteroatoms. The third kappa shape index (κ3) is 5.04. The first-order valence-corrected chi connectivity index (χ1v) is 6.47. The molecule has 114 valence electrons. The van der Waals surface area contributed by atoms with Crippen LogP contribution in [0.5, 0.6) is 0 Å². The minimum absolute atomic E-state index is 0.0446. The van der Waals surface area contributed by atoms with E-state index in [0.29, 0.717) is 13.1 Å². The Bertz CT molecular complexity index is 373. The molecule has 1 fully saturated rings. The van der Waals surface area contributed by atoms with Crippen molar-refractivity contribution in [2.24, 2.45) is 0 Å². The first kappa shape index (κ1) is 16.2. The molecule has 1 rings (SSSR count). The Labute approximate surface area is 116 Å². The number of likely N-dealkylation sites (tertiary alicyclic amines) is 1. The molecule has 0 aromatic carbocycles. The highest BCUT2D eigenvalue weighted by Gasteiger charge is 2.27. The van der Waals surface area contributed by atoms with Gasteiger partial charge in [0.2, 0.25) is 0 Å². The van der Waals surface area contributed by atoms with E-state index in [1.54, 1.807) is 7.11 Å². The van der Waals surface area contributed by atoms with Crippen molar-refractivity contribution in [1.29, 1.82) is 0 Å². The van der Waals surface area contributed by atoms with E-state index in [4.69, 9.17) is 14.9 Å². The molecule has 1 unspecified atom stereocenters. The van der Waals surface area contributed by atoms with Crippen LogP contribution < -0.4 is 5.32 Å². The summed E-state index contributed by atoms with van der Waals surface area (Å²) in [5, 5.41) is 19.9. The van der Waals surface area contributed by atoms with Crippen molar-refractivity contribution in [3.63, 3.8) is 0 Å². The van der Waals surface area contributed by atoms with Gasteiger partial charge in [0.1, 0.15) is 6.04 Å². The number of piperidine rings is 1. The van der Waals surface area contributed by atoms with E-state index in [1.165, 1.54) is 4.90 Å². The third-order valence-corrected chi connectivity index (χ3v) is 3.24. The lowest BCUT2D eigenvalue weighted by atomic mass is 10.1. The van der Waals surface area contributed by atoms with Gasteiger partial charge in [-0.25, -0.2) is 9.59 Å². The van der Waals surface area contributed by atoms with Gasteiger partial charge in [0, 0.05) is 26.6 Å². The third-order valence-electron chi connectivity index (χ3n) is 3.24. The highest BCUT2D eigenvalue weighted by Crippen LogP contribution is 2.12. The van der Waals surface area contributed by atoms with Gasteiger partial charge in [-0.05, 0) is 19.3 Å².